The van der Waals surface area contributed by atoms with Crippen LogP contribution in [0.5, 0.6) is 0 Å². The highest BCUT2D eigenvalue weighted by Crippen LogP contribution is 2.18. The average molecular weight is 356 g/mol. The summed E-state index contributed by atoms with van der Waals surface area (Å²) in [5.74, 6) is 0.528. The number of aromatic nitrogens is 2. The van der Waals surface area contributed by atoms with Crippen molar-refractivity contribution in [3.8, 4) is 0 Å². The van der Waals surface area contributed by atoms with Gasteiger partial charge in [-0.25, -0.2) is 9.97 Å². The van der Waals surface area contributed by atoms with Gasteiger partial charge in [0.2, 0.25) is 5.91 Å². The van der Waals surface area contributed by atoms with Gasteiger partial charge in [0.15, 0.2) is 5.13 Å². The highest BCUT2D eigenvalue weighted by Gasteiger charge is 2.14. The second-order valence-corrected chi connectivity index (χ2v) is 6.29. The van der Waals surface area contributed by atoms with Gasteiger partial charge in [-0.2, -0.15) is 0 Å². The van der Waals surface area contributed by atoms with E-state index in [-0.39, 0.29) is 18.2 Å². The molecule has 0 aliphatic carbocycles. The zero-order valence-electron chi connectivity index (χ0n) is 13.7. The van der Waals surface area contributed by atoms with Crippen molar-refractivity contribution in [2.45, 2.75) is 20.3 Å². The monoisotopic (exact) mass is 356 g/mol. The molecule has 3 aromatic rings. The summed E-state index contributed by atoms with van der Waals surface area (Å²) in [6.45, 7) is 3.64. The van der Waals surface area contributed by atoms with Gasteiger partial charge in [0.1, 0.15) is 11.6 Å². The maximum absolute atomic E-state index is 12.1. The van der Waals surface area contributed by atoms with Gasteiger partial charge in [-0.15, -0.1) is 11.3 Å². The van der Waals surface area contributed by atoms with E-state index < -0.39 is 0 Å². The minimum atomic E-state index is -0.291. The van der Waals surface area contributed by atoms with Crippen LogP contribution in [0.1, 0.15) is 27.4 Å². The molecule has 0 aromatic carbocycles. The fourth-order valence-electron chi connectivity index (χ4n) is 2.12. The molecule has 0 spiro atoms. The van der Waals surface area contributed by atoms with E-state index >= 15 is 0 Å². The molecule has 3 rings (SSSR count). The molecule has 0 aliphatic rings. The van der Waals surface area contributed by atoms with Crippen LogP contribution in [0.2, 0.25) is 0 Å². The van der Waals surface area contributed by atoms with E-state index in [4.69, 9.17) is 4.42 Å². The van der Waals surface area contributed by atoms with Crippen molar-refractivity contribution in [1.82, 2.24) is 9.97 Å². The van der Waals surface area contributed by atoms with Crippen LogP contribution in [-0.4, -0.2) is 21.8 Å². The number of amides is 2. The van der Waals surface area contributed by atoms with E-state index in [0.29, 0.717) is 28.0 Å². The molecule has 0 saturated heterocycles. The zero-order chi connectivity index (χ0) is 17.8. The highest BCUT2D eigenvalue weighted by atomic mass is 32.1. The third-order valence-electron chi connectivity index (χ3n) is 3.40. The number of carbonyl (C=O) groups excluding carboxylic acids is 2. The first-order chi connectivity index (χ1) is 12.0. The Balaban J connectivity index is 1.58. The maximum Gasteiger partial charge on any atom is 0.260 e. The normalized spacial score (nSPS) is 10.5. The van der Waals surface area contributed by atoms with E-state index in [1.54, 1.807) is 30.6 Å². The van der Waals surface area contributed by atoms with Crippen molar-refractivity contribution in [2.24, 2.45) is 0 Å². The van der Waals surface area contributed by atoms with E-state index in [0.717, 1.165) is 5.56 Å². The molecule has 128 valence electrons. The van der Waals surface area contributed by atoms with Gasteiger partial charge in [-0.05, 0) is 31.5 Å². The molecule has 2 amide bonds. The first kappa shape index (κ1) is 16.8. The zero-order valence-corrected chi connectivity index (χ0v) is 14.5. The van der Waals surface area contributed by atoms with Gasteiger partial charge >= 0.3 is 0 Å². The molecule has 0 radical (unpaired) electrons. The van der Waals surface area contributed by atoms with Crippen molar-refractivity contribution in [3.05, 3.63) is 58.6 Å². The van der Waals surface area contributed by atoms with Gasteiger partial charge < -0.3 is 9.73 Å². The molecule has 3 aromatic heterocycles. The van der Waals surface area contributed by atoms with E-state index in [9.17, 15) is 9.59 Å². The Bertz CT molecular complexity index is 899. The Labute approximate surface area is 148 Å². The van der Waals surface area contributed by atoms with Crippen LogP contribution in [0, 0.1) is 13.8 Å². The summed E-state index contributed by atoms with van der Waals surface area (Å²) < 4.78 is 5.11. The van der Waals surface area contributed by atoms with Gasteiger partial charge in [0.05, 0.1) is 23.9 Å². The van der Waals surface area contributed by atoms with Crippen molar-refractivity contribution in [1.29, 1.82) is 0 Å². The standard InChI is InChI=1S/C17H16N4O3S/c1-10-3-4-14(18-8-10)20-15(22)7-12-9-25-17(19-12)21-16(23)13-5-6-24-11(13)2/h3-6,8-9H,7H2,1-2H3,(H,18,20,22)(H,19,21,23). The molecule has 25 heavy (non-hydrogen) atoms. The number of anilines is 2. The molecule has 7 nitrogen and oxygen atoms in total. The number of thiazole rings is 1. The lowest BCUT2D eigenvalue weighted by molar-refractivity contribution is -0.115. The van der Waals surface area contributed by atoms with Crippen molar-refractivity contribution >= 4 is 34.1 Å². The van der Waals surface area contributed by atoms with E-state index in [2.05, 4.69) is 20.6 Å². The Morgan fingerprint density at radius 3 is 2.72 bits per heavy atom. The minimum absolute atomic E-state index is 0.104. The molecule has 0 atom stereocenters. The maximum atomic E-state index is 12.1. The van der Waals surface area contributed by atoms with Crippen LogP contribution in [-0.2, 0) is 11.2 Å². The largest absolute Gasteiger partial charge is 0.469 e. The summed E-state index contributed by atoms with van der Waals surface area (Å²) in [4.78, 5) is 32.5. The van der Waals surface area contributed by atoms with Crippen LogP contribution >= 0.6 is 11.3 Å². The third-order valence-corrected chi connectivity index (χ3v) is 4.20. The number of nitrogens with one attached hydrogen (secondary N) is 2. The molecule has 8 heteroatoms. The molecule has 0 saturated carbocycles. The Morgan fingerprint density at radius 2 is 2.04 bits per heavy atom. The molecule has 2 N–H and O–H groups in total. The summed E-state index contributed by atoms with van der Waals surface area (Å²) in [6, 6.07) is 5.21. The molecule has 0 bridgehead atoms. The fourth-order valence-corrected chi connectivity index (χ4v) is 2.83. The Morgan fingerprint density at radius 1 is 1.20 bits per heavy atom. The molecule has 0 unspecified atom stereocenters. The highest BCUT2D eigenvalue weighted by molar-refractivity contribution is 7.14. The molecule has 3 heterocycles. The van der Waals surface area contributed by atoms with Crippen LogP contribution in [0.4, 0.5) is 10.9 Å². The van der Waals surface area contributed by atoms with Gasteiger partial charge in [-0.3, -0.25) is 14.9 Å². The Kier molecular flexibility index (Phi) is 4.90. The molecule has 0 aliphatic heterocycles. The first-order valence-electron chi connectivity index (χ1n) is 7.53. The van der Waals surface area contributed by atoms with Gasteiger partial charge in [-0.1, -0.05) is 6.07 Å². The van der Waals surface area contributed by atoms with E-state index in [1.165, 1.54) is 17.6 Å². The lowest BCUT2D eigenvalue weighted by Gasteiger charge is -2.03. The van der Waals surface area contributed by atoms with E-state index in [1.807, 2.05) is 13.0 Å². The summed E-state index contributed by atoms with van der Waals surface area (Å²) >= 11 is 1.26. The molecular formula is C17H16N4O3S. The third kappa shape index (κ3) is 4.30. The van der Waals surface area contributed by atoms with Crippen LogP contribution in [0.3, 0.4) is 0 Å². The minimum Gasteiger partial charge on any atom is -0.469 e. The predicted octanol–water partition coefficient (Wildman–Crippen LogP) is 3.18. The number of nitrogens with zero attached hydrogens (tertiary/aromatic N) is 2. The summed E-state index contributed by atoms with van der Waals surface area (Å²) in [6.07, 6.45) is 3.25. The number of furan rings is 1. The summed E-state index contributed by atoms with van der Waals surface area (Å²) in [5, 5.41) is 7.58. The lowest BCUT2D eigenvalue weighted by atomic mass is 10.2. The van der Waals surface area contributed by atoms with Crippen LogP contribution in [0.25, 0.3) is 0 Å². The number of aryl methyl sites for hydroxylation is 2. The summed E-state index contributed by atoms with van der Waals surface area (Å²) in [7, 11) is 0. The predicted molar refractivity (Wildman–Crippen MR) is 94.8 cm³/mol. The molecular weight excluding hydrogens is 340 g/mol. The SMILES string of the molecule is Cc1ccc(NC(=O)Cc2csc(NC(=O)c3ccoc3C)n2)nc1. The fraction of sp³-hybridized carbons (Fsp3) is 0.176. The quantitative estimate of drug-likeness (QED) is 0.732. The Hall–Kier alpha value is -3.00. The number of hydrogen-bond acceptors (Lipinski definition) is 6. The number of hydrogen-bond donors (Lipinski definition) is 2. The van der Waals surface area contributed by atoms with Crippen LogP contribution < -0.4 is 10.6 Å². The van der Waals surface area contributed by atoms with Crippen LogP contribution in [0.15, 0.2) is 40.5 Å². The summed E-state index contributed by atoms with van der Waals surface area (Å²) in [5.41, 5.74) is 2.06. The second-order valence-electron chi connectivity index (χ2n) is 5.43. The first-order valence-corrected chi connectivity index (χ1v) is 8.41. The van der Waals surface area contributed by atoms with Crippen molar-refractivity contribution < 1.29 is 14.0 Å². The number of rotatable bonds is 5. The second kappa shape index (κ2) is 7.27. The topological polar surface area (TPSA) is 97.1 Å². The number of carbonyl (C=O) groups is 2. The van der Waals surface area contributed by atoms with Crippen molar-refractivity contribution in [3.63, 3.8) is 0 Å². The van der Waals surface area contributed by atoms with Gasteiger partial charge in [0.25, 0.3) is 5.91 Å². The average Bonchev–Trinajstić information content (AvgIpc) is 3.18. The molecule has 0 fully saturated rings. The lowest BCUT2D eigenvalue weighted by Crippen LogP contribution is -2.16. The number of pyridine rings is 1. The van der Waals surface area contributed by atoms with Gasteiger partial charge in [0, 0.05) is 11.6 Å². The smallest absolute Gasteiger partial charge is 0.260 e. The van der Waals surface area contributed by atoms with Crippen molar-refractivity contribution in [2.75, 3.05) is 10.6 Å².